The number of non-ortho nitro benzene ring substituents is 1. The van der Waals surface area contributed by atoms with Crippen molar-refractivity contribution in [1.82, 2.24) is 10.1 Å². The predicted octanol–water partition coefficient (Wildman–Crippen LogP) is 2.22. The number of nitro benzene ring substituents is 1. The summed E-state index contributed by atoms with van der Waals surface area (Å²) in [7, 11) is 0. The maximum absolute atomic E-state index is 10.7. The van der Waals surface area contributed by atoms with Crippen molar-refractivity contribution < 1.29 is 9.45 Å². The number of nitro groups is 1. The average Bonchev–Trinajstić information content (AvgIpc) is 3.05. The SMILES string of the molecule is O=[N+]([O-])c1cccc(-c2noc(NC3CC3)n2)c1. The van der Waals surface area contributed by atoms with Crippen molar-refractivity contribution in [3.05, 3.63) is 34.4 Å². The first kappa shape index (κ1) is 10.7. The van der Waals surface area contributed by atoms with E-state index in [1.54, 1.807) is 12.1 Å². The molecule has 7 nitrogen and oxygen atoms in total. The van der Waals surface area contributed by atoms with Gasteiger partial charge in [0.15, 0.2) is 0 Å². The Morgan fingerprint density at radius 2 is 2.28 bits per heavy atom. The van der Waals surface area contributed by atoms with Gasteiger partial charge in [0.05, 0.1) is 4.92 Å². The molecule has 7 heteroatoms. The van der Waals surface area contributed by atoms with Gasteiger partial charge in [0.25, 0.3) is 5.69 Å². The molecule has 18 heavy (non-hydrogen) atoms. The standard InChI is InChI=1S/C11H10N4O3/c16-15(17)9-3-1-2-7(6-9)10-13-11(18-14-10)12-8-4-5-8/h1-3,6,8H,4-5H2,(H,12,13,14). The van der Waals surface area contributed by atoms with Gasteiger partial charge in [0.2, 0.25) is 5.82 Å². The summed E-state index contributed by atoms with van der Waals surface area (Å²) in [5.74, 6) is 0.349. The average molecular weight is 246 g/mol. The molecule has 1 N–H and O–H groups in total. The van der Waals surface area contributed by atoms with Gasteiger partial charge in [-0.3, -0.25) is 10.1 Å². The zero-order valence-electron chi connectivity index (χ0n) is 9.37. The van der Waals surface area contributed by atoms with Crippen molar-refractivity contribution in [2.45, 2.75) is 18.9 Å². The van der Waals surface area contributed by atoms with Crippen LogP contribution in [0.5, 0.6) is 0 Å². The molecule has 1 aromatic heterocycles. The van der Waals surface area contributed by atoms with Crippen LogP contribution >= 0.6 is 0 Å². The molecule has 0 amide bonds. The van der Waals surface area contributed by atoms with Crippen molar-refractivity contribution in [3.8, 4) is 11.4 Å². The number of nitrogens with one attached hydrogen (secondary N) is 1. The molecule has 2 aromatic rings. The molecule has 1 fully saturated rings. The summed E-state index contributed by atoms with van der Waals surface area (Å²) in [5, 5.41) is 17.5. The van der Waals surface area contributed by atoms with Gasteiger partial charge >= 0.3 is 6.01 Å². The molecule has 1 heterocycles. The molecule has 0 bridgehead atoms. The first-order chi connectivity index (χ1) is 8.72. The molecule has 0 saturated heterocycles. The van der Waals surface area contributed by atoms with E-state index in [1.807, 2.05) is 0 Å². The number of benzene rings is 1. The summed E-state index contributed by atoms with van der Waals surface area (Å²) in [5.41, 5.74) is 0.575. The molecule has 0 radical (unpaired) electrons. The highest BCUT2D eigenvalue weighted by Crippen LogP contribution is 2.26. The molecule has 1 saturated carbocycles. The summed E-state index contributed by atoms with van der Waals surface area (Å²) in [6.45, 7) is 0. The lowest BCUT2D eigenvalue weighted by Crippen LogP contribution is -2.00. The summed E-state index contributed by atoms with van der Waals surface area (Å²) in [6, 6.07) is 6.93. The Morgan fingerprint density at radius 3 is 3.00 bits per heavy atom. The third-order valence-corrected chi connectivity index (χ3v) is 2.65. The highest BCUT2D eigenvalue weighted by atomic mass is 16.6. The smallest absolute Gasteiger partial charge is 0.322 e. The number of hydrogen-bond acceptors (Lipinski definition) is 6. The molecule has 1 aliphatic carbocycles. The quantitative estimate of drug-likeness (QED) is 0.656. The Bertz CT molecular complexity index is 591. The maximum Gasteiger partial charge on any atom is 0.322 e. The molecule has 1 aromatic carbocycles. The van der Waals surface area contributed by atoms with Gasteiger partial charge in [-0.2, -0.15) is 4.98 Å². The fourth-order valence-corrected chi connectivity index (χ4v) is 1.56. The lowest BCUT2D eigenvalue weighted by molar-refractivity contribution is -0.384. The minimum atomic E-state index is -0.451. The second-order valence-electron chi connectivity index (χ2n) is 4.15. The van der Waals surface area contributed by atoms with Gasteiger partial charge < -0.3 is 9.84 Å². The van der Waals surface area contributed by atoms with Crippen LogP contribution < -0.4 is 5.32 Å². The number of aromatic nitrogens is 2. The molecular weight excluding hydrogens is 236 g/mol. The Hall–Kier alpha value is -2.44. The Morgan fingerprint density at radius 1 is 1.44 bits per heavy atom. The van der Waals surface area contributed by atoms with Crippen molar-refractivity contribution in [2.75, 3.05) is 5.32 Å². The van der Waals surface area contributed by atoms with Crippen LogP contribution in [0.3, 0.4) is 0 Å². The summed E-state index contributed by atoms with van der Waals surface area (Å²) < 4.78 is 5.03. The third-order valence-electron chi connectivity index (χ3n) is 2.65. The Kier molecular flexibility index (Phi) is 2.44. The normalized spacial score (nSPS) is 14.4. The molecule has 0 aliphatic heterocycles. The highest BCUT2D eigenvalue weighted by molar-refractivity contribution is 5.59. The Labute approximate surface area is 102 Å². The van der Waals surface area contributed by atoms with Gasteiger partial charge in [-0.1, -0.05) is 17.3 Å². The zero-order chi connectivity index (χ0) is 12.5. The zero-order valence-corrected chi connectivity index (χ0v) is 9.37. The minimum absolute atomic E-state index is 0.00834. The van der Waals surface area contributed by atoms with Crippen LogP contribution in [0, 0.1) is 10.1 Å². The number of anilines is 1. The van der Waals surface area contributed by atoms with E-state index < -0.39 is 4.92 Å². The molecule has 0 unspecified atom stereocenters. The lowest BCUT2D eigenvalue weighted by Gasteiger charge is -1.95. The molecule has 0 atom stereocenters. The third kappa shape index (κ3) is 2.15. The second kappa shape index (κ2) is 4.10. The van der Waals surface area contributed by atoms with Crippen LogP contribution in [0.25, 0.3) is 11.4 Å². The van der Waals surface area contributed by atoms with Crippen molar-refractivity contribution in [2.24, 2.45) is 0 Å². The second-order valence-corrected chi connectivity index (χ2v) is 4.15. The van der Waals surface area contributed by atoms with E-state index >= 15 is 0 Å². The van der Waals surface area contributed by atoms with Crippen molar-refractivity contribution in [3.63, 3.8) is 0 Å². The van der Waals surface area contributed by atoms with E-state index in [0.717, 1.165) is 12.8 Å². The van der Waals surface area contributed by atoms with Gasteiger partial charge in [-0.25, -0.2) is 0 Å². The van der Waals surface area contributed by atoms with E-state index in [-0.39, 0.29) is 5.69 Å². The van der Waals surface area contributed by atoms with Crippen LogP contribution in [0.4, 0.5) is 11.7 Å². The number of nitrogens with zero attached hydrogens (tertiary/aromatic N) is 3. The van der Waals surface area contributed by atoms with Crippen LogP contribution in [-0.4, -0.2) is 21.1 Å². The maximum atomic E-state index is 10.7. The van der Waals surface area contributed by atoms with Gasteiger partial charge in [-0.15, -0.1) is 0 Å². The van der Waals surface area contributed by atoms with E-state index in [9.17, 15) is 10.1 Å². The van der Waals surface area contributed by atoms with Crippen LogP contribution in [0.15, 0.2) is 28.8 Å². The number of rotatable bonds is 4. The summed E-state index contributed by atoms with van der Waals surface area (Å²) in [4.78, 5) is 14.4. The first-order valence-electron chi connectivity index (χ1n) is 5.57. The highest BCUT2D eigenvalue weighted by Gasteiger charge is 2.23. The summed E-state index contributed by atoms with van der Waals surface area (Å²) in [6.07, 6.45) is 2.21. The first-order valence-corrected chi connectivity index (χ1v) is 5.57. The number of hydrogen-bond donors (Lipinski definition) is 1. The minimum Gasteiger partial charge on any atom is -0.335 e. The fourth-order valence-electron chi connectivity index (χ4n) is 1.56. The molecule has 92 valence electrons. The Balaban J connectivity index is 1.86. The van der Waals surface area contributed by atoms with Crippen LogP contribution in [0.1, 0.15) is 12.8 Å². The van der Waals surface area contributed by atoms with E-state index in [2.05, 4.69) is 15.5 Å². The van der Waals surface area contributed by atoms with E-state index in [4.69, 9.17) is 4.52 Å². The molecule has 3 rings (SSSR count). The van der Waals surface area contributed by atoms with Crippen molar-refractivity contribution in [1.29, 1.82) is 0 Å². The van der Waals surface area contributed by atoms with Gasteiger partial charge in [0, 0.05) is 23.7 Å². The monoisotopic (exact) mass is 246 g/mol. The molecule has 0 spiro atoms. The van der Waals surface area contributed by atoms with Crippen LogP contribution in [-0.2, 0) is 0 Å². The molecule has 1 aliphatic rings. The molecular formula is C11H10N4O3. The fraction of sp³-hybridized carbons (Fsp3) is 0.273. The topological polar surface area (TPSA) is 94.1 Å². The lowest BCUT2D eigenvalue weighted by atomic mass is 10.2. The summed E-state index contributed by atoms with van der Waals surface area (Å²) >= 11 is 0. The van der Waals surface area contributed by atoms with Crippen LogP contribution in [0.2, 0.25) is 0 Å². The van der Waals surface area contributed by atoms with Gasteiger partial charge in [0.1, 0.15) is 0 Å². The van der Waals surface area contributed by atoms with E-state index in [0.29, 0.717) is 23.4 Å². The largest absolute Gasteiger partial charge is 0.335 e. The van der Waals surface area contributed by atoms with Gasteiger partial charge in [-0.05, 0) is 12.8 Å². The van der Waals surface area contributed by atoms with E-state index in [1.165, 1.54) is 12.1 Å². The van der Waals surface area contributed by atoms with Crippen molar-refractivity contribution >= 4 is 11.7 Å². The predicted molar refractivity (Wildman–Crippen MR) is 63.0 cm³/mol.